The number of phenolic OH excluding ortho intramolecular Hbond substituents is 2. The quantitative estimate of drug-likeness (QED) is 0.0111. The van der Waals surface area contributed by atoms with Gasteiger partial charge in [0.25, 0.3) is 0 Å². The molecule has 4 aromatic rings. The second-order valence-corrected chi connectivity index (χ2v) is 36.7. The number of amides is 19. The van der Waals surface area contributed by atoms with Crippen molar-refractivity contribution in [3.8, 4) is 11.5 Å². The Morgan fingerprint density at radius 2 is 0.897 bits per heavy atom. The first-order valence-corrected chi connectivity index (χ1v) is 47.7. The van der Waals surface area contributed by atoms with E-state index in [0.717, 1.165) is 13.8 Å². The number of aromatic amines is 1. The van der Waals surface area contributed by atoms with E-state index in [2.05, 4.69) is 95.4 Å². The van der Waals surface area contributed by atoms with Gasteiger partial charge in [0.15, 0.2) is 5.96 Å². The topological polar surface area (TPSA) is 852 Å². The SMILES string of the molecule is CC[C@H](C)[C@H](NC(=O)[C@H](CC(N)=O)NC(=O)[C@H](CC(=O)O)NC(=O)CNC(=O)[C@H](C)NC(=O)[C@H](Cc1ccc(O)cc1)NC(=O)[C@H](CO)NC(=O)[C@H](Cc1ccc(O)cc1)NC(=O)[C@@H](NC(=O)[C@H](CCCNC(=N)N)NC(=O)[C@H](Cc1c[nH]c2ccccc12)NC(=O)[C@H](CCC(N)=O)NC(=O)[C@@H]1CCCN1C(=O)[C@H](CC(C)C)NC(=O)[C@H](C)NC(=O)[C@@H](NC(=O)[C@H](CO)NC(=O)[C@@H](N)C(C)C)[C@@H](C)O)[C@@H](C)CC)C(=O)O. The van der Waals surface area contributed by atoms with E-state index in [9.17, 15) is 117 Å². The van der Waals surface area contributed by atoms with Gasteiger partial charge in [0.1, 0.15) is 108 Å². The molecule has 0 spiro atoms. The molecule has 34 N–H and O–H groups in total. The lowest BCUT2D eigenvalue weighted by atomic mass is 9.96. The fourth-order valence-electron chi connectivity index (χ4n) is 15.2. The predicted octanol–water partition coefficient (Wildman–Crippen LogP) is -7.52. The number of nitrogens with two attached hydrogens (primary N) is 4. The maximum absolute atomic E-state index is 15.4. The van der Waals surface area contributed by atoms with Crippen LogP contribution in [-0.2, 0) is 120 Å². The Kier molecular flexibility index (Phi) is 49.1. The van der Waals surface area contributed by atoms with Crippen molar-refractivity contribution in [3.63, 3.8) is 0 Å². The van der Waals surface area contributed by atoms with Gasteiger partial charge in [-0.05, 0) is 130 Å². The summed E-state index contributed by atoms with van der Waals surface area (Å²) in [5.74, 6) is -26.6. The number of aliphatic hydroxyl groups is 3. The molecule has 1 fully saturated rings. The van der Waals surface area contributed by atoms with Crippen LogP contribution < -0.4 is 113 Å². The molecule has 0 bridgehead atoms. The number of fused-ring (bicyclic) bond motifs is 1. The number of benzene rings is 3. The second-order valence-electron chi connectivity index (χ2n) is 36.7. The number of nitrogens with zero attached hydrogens (tertiary/aromatic N) is 1. The van der Waals surface area contributed by atoms with Gasteiger partial charge in [0.05, 0.1) is 44.7 Å². The summed E-state index contributed by atoms with van der Waals surface area (Å²) in [6, 6.07) is -10.6. The summed E-state index contributed by atoms with van der Waals surface area (Å²) in [5.41, 5.74) is 24.0. The standard InChI is InChI=1S/C94H140N24O28/c1-12-46(7)74(90(142)111-61(36-52-24-28-55(123)29-25-52)82(134)113-66(42-119)86(138)108-60(35-51-22-26-54(122)27-23-51)81(133)103-48(9)77(129)102-41-71(126)105-64(39-72(127)128)84(136)110-63(38-70(96)125)85(137)116-75(93(145)146)47(8)13-2)115-80(132)58(20-16-32-100-94(98)99)106-83(135)62(37-53-40-101-57-19-15-14-18-56(53)57)109-79(131)59(30-31-69(95)124)107-88(140)68-21-17-33-118(68)92(144)65(34-44(3)4)112-78(130)49(10)104-91(143)76(50(11)121)117-87(139)67(43-120)114-89(141)73(97)45(5)6/h14-15,18-19,22-29,40,44-50,58-68,73-76,101,119-123H,12-13,16-17,20-21,30-39,41-43,97H2,1-11H3,(H2,95,124)(H2,96,125)(H,102,129)(H,103,133)(H,104,143)(H,105,126)(H,106,135)(H,107,140)(H,108,138)(H,109,131)(H,110,136)(H,111,142)(H,112,130)(H,113,134)(H,114,141)(H,115,132)(H,116,137)(H,117,139)(H,127,128)(H,145,146)(H4,98,99,100)/t46-,47-,48-,49-,50+,58-,59-,60-,61-,62-,63-,64-,65-,66-,67-,68-,73-,74-,75-,76-/m0/s1. The average molecular weight is 2050 g/mol. The molecule has 0 aliphatic carbocycles. The normalized spacial score (nSPS) is 16.2. The van der Waals surface area contributed by atoms with Crippen LogP contribution in [0.3, 0.4) is 0 Å². The van der Waals surface area contributed by atoms with E-state index in [1.54, 1.807) is 78.9 Å². The molecule has 19 amide bonds. The number of nitrogens with one attached hydrogen (secondary N) is 19. The largest absolute Gasteiger partial charge is 0.508 e. The summed E-state index contributed by atoms with van der Waals surface area (Å²) >= 11 is 0. The highest BCUT2D eigenvalue weighted by atomic mass is 16.4. The number of aromatic hydroxyl groups is 2. The molecule has 20 atom stereocenters. The van der Waals surface area contributed by atoms with Gasteiger partial charge >= 0.3 is 11.9 Å². The zero-order valence-corrected chi connectivity index (χ0v) is 83.1. The van der Waals surface area contributed by atoms with Crippen LogP contribution in [0.5, 0.6) is 11.5 Å². The van der Waals surface area contributed by atoms with E-state index in [-0.39, 0.29) is 98.9 Å². The molecule has 52 heteroatoms. The highest BCUT2D eigenvalue weighted by Gasteiger charge is 2.44. The number of carbonyl (C=O) groups excluding carboxylic acids is 19. The van der Waals surface area contributed by atoms with Crippen LogP contribution in [0, 0.1) is 29.1 Å². The Balaban J connectivity index is 1.40. The second kappa shape index (κ2) is 59.1. The van der Waals surface area contributed by atoms with Gasteiger partial charge in [0.2, 0.25) is 112 Å². The molecular weight excluding hydrogens is 1910 g/mol. The minimum atomic E-state index is -2.01. The molecule has 146 heavy (non-hydrogen) atoms. The van der Waals surface area contributed by atoms with Crippen LogP contribution in [0.4, 0.5) is 0 Å². The van der Waals surface area contributed by atoms with Crippen LogP contribution in [-0.4, -0.2) is 317 Å². The maximum atomic E-state index is 15.4. The molecule has 3 aromatic carbocycles. The number of aliphatic carboxylic acids is 2. The molecule has 0 unspecified atom stereocenters. The third-order valence-electron chi connectivity index (χ3n) is 24.1. The third kappa shape index (κ3) is 39.1. The fraction of sp³-hybridized carbons (Fsp3) is 0.553. The number of rotatable bonds is 61. The number of aliphatic hydroxyl groups excluding tert-OH is 3. The van der Waals surface area contributed by atoms with E-state index in [4.69, 9.17) is 28.3 Å². The first kappa shape index (κ1) is 121. The van der Waals surface area contributed by atoms with Crippen molar-refractivity contribution in [2.24, 2.45) is 46.6 Å². The summed E-state index contributed by atoms with van der Waals surface area (Å²) in [6.45, 7) is 13.3. The van der Waals surface area contributed by atoms with Gasteiger partial charge in [-0.1, -0.05) is 111 Å². The van der Waals surface area contributed by atoms with Gasteiger partial charge < -0.3 is 159 Å². The molecule has 1 aliphatic heterocycles. The molecular formula is C94H140N24O28. The van der Waals surface area contributed by atoms with Gasteiger partial charge in [-0.15, -0.1) is 0 Å². The number of para-hydroxylation sites is 1. The minimum Gasteiger partial charge on any atom is -0.508 e. The number of hydrogen-bond acceptors (Lipinski definition) is 28. The lowest BCUT2D eigenvalue weighted by Crippen LogP contribution is -2.62. The van der Waals surface area contributed by atoms with Gasteiger partial charge in [-0.2, -0.15) is 0 Å². The van der Waals surface area contributed by atoms with Crippen molar-refractivity contribution in [3.05, 3.63) is 95.7 Å². The van der Waals surface area contributed by atoms with Gasteiger partial charge in [-0.25, -0.2) is 4.79 Å². The smallest absolute Gasteiger partial charge is 0.326 e. The van der Waals surface area contributed by atoms with Crippen LogP contribution in [0.25, 0.3) is 10.9 Å². The predicted molar refractivity (Wildman–Crippen MR) is 522 cm³/mol. The van der Waals surface area contributed by atoms with Crippen molar-refractivity contribution in [2.75, 3.05) is 32.8 Å². The molecule has 1 aromatic heterocycles. The number of primary amides is 2. The molecule has 1 saturated heterocycles. The van der Waals surface area contributed by atoms with E-state index in [0.29, 0.717) is 16.5 Å². The van der Waals surface area contributed by atoms with Crippen molar-refractivity contribution in [1.29, 1.82) is 5.41 Å². The summed E-state index contributed by atoms with van der Waals surface area (Å²) in [6.07, 6.45) is -4.17. The molecule has 0 radical (unpaired) electrons. The maximum Gasteiger partial charge on any atom is 0.326 e. The molecule has 5 rings (SSSR count). The first-order chi connectivity index (χ1) is 68.7. The number of hydrogen-bond donors (Lipinski definition) is 30. The average Bonchev–Trinajstić information content (AvgIpc) is 1.68. The Labute approximate surface area is 841 Å². The number of carboxylic acids is 2. The van der Waals surface area contributed by atoms with E-state index < -0.39 is 309 Å². The molecule has 0 saturated carbocycles. The summed E-state index contributed by atoms with van der Waals surface area (Å²) in [5, 5.41) is 121. The van der Waals surface area contributed by atoms with E-state index >= 15 is 19.2 Å². The monoisotopic (exact) mass is 2050 g/mol. The zero-order chi connectivity index (χ0) is 109. The summed E-state index contributed by atoms with van der Waals surface area (Å²) in [4.78, 5) is 294. The Morgan fingerprint density at radius 1 is 0.459 bits per heavy atom. The molecule has 52 nitrogen and oxygen atoms in total. The summed E-state index contributed by atoms with van der Waals surface area (Å²) in [7, 11) is 0. The van der Waals surface area contributed by atoms with Gasteiger partial charge in [-0.3, -0.25) is 101 Å². The van der Waals surface area contributed by atoms with Crippen LogP contribution >= 0.6 is 0 Å². The highest BCUT2D eigenvalue weighted by Crippen LogP contribution is 2.25. The molecule has 2 heterocycles. The Morgan fingerprint density at radius 3 is 1.42 bits per heavy atom. The van der Waals surface area contributed by atoms with Crippen LogP contribution in [0.2, 0.25) is 0 Å². The highest BCUT2D eigenvalue weighted by molar-refractivity contribution is 6.03. The number of H-pyrrole nitrogens is 1. The lowest BCUT2D eigenvalue weighted by molar-refractivity contribution is -0.144. The van der Waals surface area contributed by atoms with Crippen molar-refractivity contribution >= 4 is 141 Å². The van der Waals surface area contributed by atoms with Crippen molar-refractivity contribution in [1.82, 2.24) is 100 Å². The third-order valence-corrected chi connectivity index (χ3v) is 24.1. The Bertz CT molecular complexity index is 5260. The lowest BCUT2D eigenvalue weighted by Gasteiger charge is -2.31. The molecule has 804 valence electrons. The van der Waals surface area contributed by atoms with Gasteiger partial charge in [0, 0.05) is 55.9 Å². The number of guanidine groups is 1. The number of aromatic nitrogens is 1. The fourth-order valence-corrected chi connectivity index (χ4v) is 15.2. The number of phenols is 2. The molecule has 1 aliphatic rings. The van der Waals surface area contributed by atoms with E-state index in [1.165, 1.54) is 67.3 Å². The number of likely N-dealkylation sites (tertiary alicyclic amines) is 1. The number of carbonyl (C=O) groups is 21. The van der Waals surface area contributed by atoms with Crippen molar-refractivity contribution < 1.29 is 136 Å². The van der Waals surface area contributed by atoms with E-state index in [1.807, 2.05) is 0 Å². The van der Waals surface area contributed by atoms with Crippen LogP contribution in [0.15, 0.2) is 79.0 Å². The van der Waals surface area contributed by atoms with Crippen LogP contribution in [0.1, 0.15) is 163 Å². The zero-order valence-electron chi connectivity index (χ0n) is 83.1. The van der Waals surface area contributed by atoms with Crippen molar-refractivity contribution in [2.45, 2.75) is 275 Å². The number of carboxylic acid groups (broad SMARTS) is 2. The summed E-state index contributed by atoms with van der Waals surface area (Å²) < 4.78 is 0. The minimum absolute atomic E-state index is 0.00480. The first-order valence-electron chi connectivity index (χ1n) is 47.7. The Hall–Kier alpha value is -15.2.